The topological polar surface area (TPSA) is 59.0 Å². The highest BCUT2D eigenvalue weighted by Crippen LogP contribution is 2.27. The number of amides is 1. The Hall–Kier alpha value is -1.40. The molecular weight excluding hydrogens is 260 g/mol. The van der Waals surface area contributed by atoms with Gasteiger partial charge in [-0.1, -0.05) is 0 Å². The maximum absolute atomic E-state index is 12.3. The van der Waals surface area contributed by atoms with Crippen molar-refractivity contribution >= 4 is 27.5 Å². The predicted molar refractivity (Wildman–Crippen MR) is 76.7 cm³/mol. The van der Waals surface area contributed by atoms with Gasteiger partial charge in [-0.25, -0.2) is 0 Å². The Kier molecular flexibility index (Phi) is 3.28. The molecule has 0 aromatic carbocycles. The van der Waals surface area contributed by atoms with E-state index >= 15 is 0 Å². The molecule has 0 atom stereocenters. The predicted octanol–water partition coefficient (Wildman–Crippen LogP) is 1.43. The Morgan fingerprint density at radius 2 is 2.26 bits per heavy atom. The lowest BCUT2D eigenvalue weighted by Crippen LogP contribution is -2.42. The van der Waals surface area contributed by atoms with E-state index in [9.17, 15) is 4.79 Å². The number of thiophene rings is 1. The molecule has 0 spiro atoms. The standard InChI is InChI=1S/C13H18N4OS/c1-8-10-7-11(19-13(10)17(2)16-8)12(18)15-9-3-5-14-6-4-9/h7,9,14H,3-6H2,1-2H3,(H,15,18). The molecule has 1 saturated heterocycles. The van der Waals surface area contributed by atoms with Crippen LogP contribution in [-0.4, -0.2) is 34.8 Å². The number of carbonyl (C=O) groups excluding carboxylic acids is 1. The molecule has 0 radical (unpaired) electrons. The van der Waals surface area contributed by atoms with E-state index in [0.29, 0.717) is 6.04 Å². The number of rotatable bonds is 2. The van der Waals surface area contributed by atoms with Crippen LogP contribution < -0.4 is 10.6 Å². The number of aryl methyl sites for hydroxylation is 2. The summed E-state index contributed by atoms with van der Waals surface area (Å²) < 4.78 is 1.84. The van der Waals surface area contributed by atoms with Gasteiger partial charge in [0.05, 0.1) is 10.6 Å². The number of piperidine rings is 1. The number of hydrogen-bond acceptors (Lipinski definition) is 4. The van der Waals surface area contributed by atoms with E-state index in [0.717, 1.165) is 46.7 Å². The second-order valence-corrected chi connectivity index (χ2v) is 6.07. The third-order valence-corrected chi connectivity index (χ3v) is 4.79. The maximum atomic E-state index is 12.3. The van der Waals surface area contributed by atoms with Crippen molar-refractivity contribution in [3.63, 3.8) is 0 Å². The summed E-state index contributed by atoms with van der Waals surface area (Å²) in [7, 11) is 1.92. The molecule has 102 valence electrons. The highest BCUT2D eigenvalue weighted by molar-refractivity contribution is 7.20. The average Bonchev–Trinajstić information content (AvgIpc) is 2.94. The van der Waals surface area contributed by atoms with Crippen LogP contribution in [0.4, 0.5) is 0 Å². The van der Waals surface area contributed by atoms with Crippen LogP contribution in [0.5, 0.6) is 0 Å². The van der Waals surface area contributed by atoms with Gasteiger partial charge in [-0.2, -0.15) is 5.10 Å². The van der Waals surface area contributed by atoms with E-state index in [1.807, 2.05) is 24.7 Å². The quantitative estimate of drug-likeness (QED) is 0.873. The van der Waals surface area contributed by atoms with Crippen LogP contribution in [0.3, 0.4) is 0 Å². The number of aromatic nitrogens is 2. The number of hydrogen-bond donors (Lipinski definition) is 2. The van der Waals surface area contributed by atoms with Crippen LogP contribution in [-0.2, 0) is 7.05 Å². The summed E-state index contributed by atoms with van der Waals surface area (Å²) in [4.78, 5) is 14.1. The van der Waals surface area contributed by atoms with Crippen LogP contribution in [0, 0.1) is 6.92 Å². The maximum Gasteiger partial charge on any atom is 0.261 e. The van der Waals surface area contributed by atoms with Gasteiger partial charge in [0.1, 0.15) is 4.83 Å². The molecule has 6 heteroatoms. The number of nitrogens with zero attached hydrogens (tertiary/aromatic N) is 2. The first-order valence-corrected chi connectivity index (χ1v) is 7.41. The summed E-state index contributed by atoms with van der Waals surface area (Å²) in [5.41, 5.74) is 0.981. The normalized spacial score (nSPS) is 16.9. The summed E-state index contributed by atoms with van der Waals surface area (Å²) in [6.45, 7) is 3.95. The second-order valence-electron chi connectivity index (χ2n) is 5.04. The first-order chi connectivity index (χ1) is 9.15. The summed E-state index contributed by atoms with van der Waals surface area (Å²) in [6.07, 6.45) is 2.02. The summed E-state index contributed by atoms with van der Waals surface area (Å²) in [5, 5.41) is 11.9. The molecule has 1 aliphatic heterocycles. The molecule has 0 aliphatic carbocycles. The van der Waals surface area contributed by atoms with E-state index in [1.54, 1.807) is 0 Å². The van der Waals surface area contributed by atoms with E-state index in [2.05, 4.69) is 15.7 Å². The molecule has 2 aromatic rings. The molecule has 19 heavy (non-hydrogen) atoms. The molecular formula is C13H18N4OS. The minimum Gasteiger partial charge on any atom is -0.349 e. The summed E-state index contributed by atoms with van der Waals surface area (Å²) in [5.74, 6) is 0.0486. The van der Waals surface area contributed by atoms with Gasteiger partial charge >= 0.3 is 0 Å². The van der Waals surface area contributed by atoms with Crippen molar-refractivity contribution < 1.29 is 4.79 Å². The monoisotopic (exact) mass is 278 g/mol. The Morgan fingerprint density at radius 1 is 1.53 bits per heavy atom. The summed E-state index contributed by atoms with van der Waals surface area (Å²) >= 11 is 1.51. The molecule has 2 aromatic heterocycles. The zero-order valence-corrected chi connectivity index (χ0v) is 12.0. The van der Waals surface area contributed by atoms with Gasteiger partial charge < -0.3 is 10.6 Å². The highest BCUT2D eigenvalue weighted by Gasteiger charge is 2.19. The Labute approximate surface area is 116 Å². The molecule has 3 rings (SSSR count). The first kappa shape index (κ1) is 12.6. The van der Waals surface area contributed by atoms with Crippen molar-refractivity contribution in [2.24, 2.45) is 7.05 Å². The smallest absolute Gasteiger partial charge is 0.261 e. The van der Waals surface area contributed by atoms with E-state index in [1.165, 1.54) is 11.3 Å². The molecule has 0 bridgehead atoms. The number of fused-ring (bicyclic) bond motifs is 1. The van der Waals surface area contributed by atoms with Gasteiger partial charge in [-0.15, -0.1) is 11.3 Å². The molecule has 1 fully saturated rings. The molecule has 5 nitrogen and oxygen atoms in total. The Morgan fingerprint density at radius 3 is 2.95 bits per heavy atom. The van der Waals surface area contributed by atoms with Crippen molar-refractivity contribution in [2.45, 2.75) is 25.8 Å². The molecule has 3 heterocycles. The number of carbonyl (C=O) groups is 1. The van der Waals surface area contributed by atoms with Crippen molar-refractivity contribution in [3.8, 4) is 0 Å². The number of nitrogens with one attached hydrogen (secondary N) is 2. The van der Waals surface area contributed by atoms with E-state index < -0.39 is 0 Å². The average molecular weight is 278 g/mol. The molecule has 1 amide bonds. The zero-order chi connectivity index (χ0) is 13.4. The van der Waals surface area contributed by atoms with Crippen molar-refractivity contribution in [3.05, 3.63) is 16.6 Å². The van der Waals surface area contributed by atoms with Gasteiger partial charge in [0.25, 0.3) is 5.91 Å². The summed E-state index contributed by atoms with van der Waals surface area (Å²) in [6, 6.07) is 2.26. The van der Waals surface area contributed by atoms with Gasteiger partial charge in [0.15, 0.2) is 0 Å². The van der Waals surface area contributed by atoms with Crippen molar-refractivity contribution in [2.75, 3.05) is 13.1 Å². The minimum absolute atomic E-state index is 0.0486. The van der Waals surface area contributed by atoms with Crippen LogP contribution >= 0.6 is 11.3 Å². The van der Waals surface area contributed by atoms with Crippen molar-refractivity contribution in [1.29, 1.82) is 0 Å². The molecule has 2 N–H and O–H groups in total. The van der Waals surface area contributed by atoms with Crippen LogP contribution in [0.15, 0.2) is 6.07 Å². The lowest BCUT2D eigenvalue weighted by Gasteiger charge is -2.23. The van der Waals surface area contributed by atoms with Crippen LogP contribution in [0.1, 0.15) is 28.2 Å². The van der Waals surface area contributed by atoms with Crippen molar-refractivity contribution in [1.82, 2.24) is 20.4 Å². The lowest BCUT2D eigenvalue weighted by atomic mass is 10.1. The largest absolute Gasteiger partial charge is 0.349 e. The van der Waals surface area contributed by atoms with E-state index in [-0.39, 0.29) is 5.91 Å². The Bertz CT molecular complexity index is 575. The lowest BCUT2D eigenvalue weighted by molar-refractivity contribution is 0.0934. The van der Waals surface area contributed by atoms with Crippen LogP contribution in [0.2, 0.25) is 0 Å². The fourth-order valence-corrected chi connectivity index (χ4v) is 3.57. The van der Waals surface area contributed by atoms with Gasteiger partial charge in [-0.3, -0.25) is 9.48 Å². The third kappa shape index (κ3) is 2.37. The zero-order valence-electron chi connectivity index (χ0n) is 11.2. The minimum atomic E-state index is 0.0486. The van der Waals surface area contributed by atoms with Gasteiger partial charge in [0.2, 0.25) is 0 Å². The first-order valence-electron chi connectivity index (χ1n) is 6.60. The van der Waals surface area contributed by atoms with Crippen LogP contribution in [0.25, 0.3) is 10.2 Å². The fourth-order valence-electron chi connectivity index (χ4n) is 2.54. The van der Waals surface area contributed by atoms with E-state index in [4.69, 9.17) is 0 Å². The molecule has 0 saturated carbocycles. The van der Waals surface area contributed by atoms with Gasteiger partial charge in [-0.05, 0) is 38.9 Å². The molecule has 1 aliphatic rings. The second kappa shape index (κ2) is 4.94. The molecule has 0 unspecified atom stereocenters. The third-order valence-electron chi connectivity index (χ3n) is 3.59. The Balaban J connectivity index is 1.79. The highest BCUT2D eigenvalue weighted by atomic mass is 32.1. The SMILES string of the molecule is Cc1nn(C)c2sc(C(=O)NC3CCNCC3)cc12. The fraction of sp³-hybridized carbons (Fsp3) is 0.538. The van der Waals surface area contributed by atoms with Gasteiger partial charge in [0, 0.05) is 18.5 Å².